The van der Waals surface area contributed by atoms with Gasteiger partial charge in [0.2, 0.25) is 6.79 Å². The van der Waals surface area contributed by atoms with E-state index in [0.717, 1.165) is 55.2 Å². The molecule has 1 fully saturated rings. The predicted molar refractivity (Wildman–Crippen MR) is 123 cm³/mol. The summed E-state index contributed by atoms with van der Waals surface area (Å²) in [6.45, 7) is 3.75. The normalized spacial score (nSPS) is 19.1. The summed E-state index contributed by atoms with van der Waals surface area (Å²) < 4.78 is 11.0. The number of piperidine rings is 1. The third-order valence-electron chi connectivity index (χ3n) is 7.10. The molecule has 1 spiro atoms. The first kappa shape index (κ1) is 20.2. The molecule has 0 unspecified atom stereocenters. The quantitative estimate of drug-likeness (QED) is 0.619. The van der Waals surface area contributed by atoms with Crippen LogP contribution in [0, 0.1) is 0 Å². The summed E-state index contributed by atoms with van der Waals surface area (Å²) in [5, 5.41) is 0. The number of ether oxygens (including phenoxy) is 2. The van der Waals surface area contributed by atoms with E-state index in [1.807, 2.05) is 48.3 Å². The van der Waals surface area contributed by atoms with E-state index in [9.17, 15) is 4.79 Å². The summed E-state index contributed by atoms with van der Waals surface area (Å²) in [4.78, 5) is 26.7. The van der Waals surface area contributed by atoms with E-state index in [2.05, 4.69) is 22.0 Å². The summed E-state index contributed by atoms with van der Waals surface area (Å²) in [6.07, 6.45) is 3.63. The van der Waals surface area contributed by atoms with Crippen LogP contribution >= 0.6 is 0 Å². The number of carbonyl (C=O) groups excluding carboxylic acids is 1. The Morgan fingerprint density at radius 2 is 1.82 bits per heavy atom. The summed E-state index contributed by atoms with van der Waals surface area (Å²) in [5.41, 5.74) is 3.62. The Morgan fingerprint density at radius 3 is 2.64 bits per heavy atom. The molecule has 0 atom stereocenters. The van der Waals surface area contributed by atoms with Crippen molar-refractivity contribution in [3.63, 3.8) is 0 Å². The van der Waals surface area contributed by atoms with E-state index in [-0.39, 0.29) is 11.3 Å². The van der Waals surface area contributed by atoms with Gasteiger partial charge < -0.3 is 14.4 Å². The maximum absolute atomic E-state index is 12.9. The molecule has 3 aromatic rings. The first-order chi connectivity index (χ1) is 16.1. The largest absolute Gasteiger partial charge is 0.454 e. The molecular formula is C26H26N4O3. The lowest BCUT2D eigenvalue weighted by atomic mass is 9.71. The minimum atomic E-state index is -0.143. The summed E-state index contributed by atoms with van der Waals surface area (Å²) in [5.74, 6) is 2.34. The first-order valence-corrected chi connectivity index (χ1v) is 11.4. The van der Waals surface area contributed by atoms with E-state index in [4.69, 9.17) is 14.5 Å². The van der Waals surface area contributed by atoms with E-state index < -0.39 is 0 Å². The average Bonchev–Trinajstić information content (AvgIpc) is 3.32. The molecule has 4 heterocycles. The highest BCUT2D eigenvalue weighted by atomic mass is 16.7. The molecular weight excluding hydrogens is 416 g/mol. The van der Waals surface area contributed by atoms with Crippen LogP contribution in [0.3, 0.4) is 0 Å². The molecule has 7 heteroatoms. The lowest BCUT2D eigenvalue weighted by molar-refractivity contribution is 0.0624. The number of benzene rings is 2. The van der Waals surface area contributed by atoms with Gasteiger partial charge in [-0.2, -0.15) is 0 Å². The number of fused-ring (bicyclic) bond motifs is 3. The molecule has 0 aliphatic carbocycles. The summed E-state index contributed by atoms with van der Waals surface area (Å²) >= 11 is 0. The maximum atomic E-state index is 12.9. The van der Waals surface area contributed by atoms with Gasteiger partial charge in [-0.25, -0.2) is 9.97 Å². The number of rotatable bonds is 3. The zero-order valence-electron chi connectivity index (χ0n) is 18.7. The van der Waals surface area contributed by atoms with Gasteiger partial charge in [-0.15, -0.1) is 0 Å². The fourth-order valence-electron chi connectivity index (χ4n) is 5.31. The van der Waals surface area contributed by atoms with Crippen molar-refractivity contribution in [3.8, 4) is 22.9 Å². The second-order valence-electron chi connectivity index (χ2n) is 9.23. The lowest BCUT2D eigenvalue weighted by Gasteiger charge is -2.46. The minimum absolute atomic E-state index is 0.0121. The minimum Gasteiger partial charge on any atom is -0.454 e. The van der Waals surface area contributed by atoms with Crippen molar-refractivity contribution in [2.45, 2.75) is 24.8 Å². The van der Waals surface area contributed by atoms with Gasteiger partial charge in [0.15, 0.2) is 17.3 Å². The Balaban J connectivity index is 1.26. The summed E-state index contributed by atoms with van der Waals surface area (Å²) in [7, 11) is 1.89. The van der Waals surface area contributed by atoms with Crippen LogP contribution in [0.2, 0.25) is 0 Å². The van der Waals surface area contributed by atoms with Gasteiger partial charge in [-0.3, -0.25) is 9.69 Å². The molecule has 3 aliphatic rings. The molecule has 6 rings (SSSR count). The molecule has 0 N–H and O–H groups in total. The number of aromatic nitrogens is 2. The molecule has 7 nitrogen and oxygen atoms in total. The molecule has 0 bridgehead atoms. The van der Waals surface area contributed by atoms with Gasteiger partial charge in [-0.05, 0) is 43.6 Å². The number of hydrogen-bond donors (Lipinski definition) is 0. The highest BCUT2D eigenvalue weighted by Gasteiger charge is 2.45. The SMILES string of the molecule is CN1CC2(CCN(Cc3ccc4c(c3)OCO4)CC2)c2nc(-c3ccccc3)ncc2C1=O. The Morgan fingerprint density at radius 1 is 1.03 bits per heavy atom. The van der Waals surface area contributed by atoms with Crippen molar-refractivity contribution in [1.82, 2.24) is 19.8 Å². The Bertz CT molecular complexity index is 1210. The van der Waals surface area contributed by atoms with Gasteiger partial charge in [0.05, 0.1) is 11.3 Å². The van der Waals surface area contributed by atoms with E-state index in [1.165, 1.54) is 5.56 Å². The Labute approximate surface area is 193 Å². The molecule has 0 saturated carbocycles. The van der Waals surface area contributed by atoms with Crippen LogP contribution < -0.4 is 9.47 Å². The van der Waals surface area contributed by atoms with Crippen LogP contribution in [-0.2, 0) is 12.0 Å². The van der Waals surface area contributed by atoms with Crippen molar-refractivity contribution < 1.29 is 14.3 Å². The van der Waals surface area contributed by atoms with Crippen LogP contribution in [-0.4, -0.2) is 59.1 Å². The third kappa shape index (κ3) is 3.53. The van der Waals surface area contributed by atoms with Crippen LogP contribution in [0.25, 0.3) is 11.4 Å². The fourth-order valence-corrected chi connectivity index (χ4v) is 5.31. The van der Waals surface area contributed by atoms with Crippen LogP contribution in [0.15, 0.2) is 54.7 Å². The van der Waals surface area contributed by atoms with Gasteiger partial charge in [0.1, 0.15) is 0 Å². The van der Waals surface area contributed by atoms with Crippen molar-refractivity contribution in [2.75, 3.05) is 33.5 Å². The first-order valence-electron chi connectivity index (χ1n) is 11.4. The number of carbonyl (C=O) groups is 1. The Kier molecular flexibility index (Phi) is 4.80. The van der Waals surface area contributed by atoms with Crippen molar-refractivity contribution in [3.05, 3.63) is 71.5 Å². The highest BCUT2D eigenvalue weighted by Crippen LogP contribution is 2.41. The van der Waals surface area contributed by atoms with E-state index in [0.29, 0.717) is 24.7 Å². The molecule has 0 radical (unpaired) electrons. The monoisotopic (exact) mass is 442 g/mol. The number of hydrogen-bond acceptors (Lipinski definition) is 6. The smallest absolute Gasteiger partial charge is 0.257 e. The molecule has 33 heavy (non-hydrogen) atoms. The van der Waals surface area contributed by atoms with Crippen molar-refractivity contribution >= 4 is 5.91 Å². The molecule has 168 valence electrons. The number of nitrogens with zero attached hydrogens (tertiary/aromatic N) is 4. The highest BCUT2D eigenvalue weighted by molar-refractivity contribution is 5.96. The fraction of sp³-hybridized carbons (Fsp3) is 0.346. The topological polar surface area (TPSA) is 67.8 Å². The maximum Gasteiger partial charge on any atom is 0.257 e. The number of likely N-dealkylation sites (N-methyl/N-ethyl adjacent to an activating group) is 1. The van der Waals surface area contributed by atoms with Crippen LogP contribution in [0.4, 0.5) is 0 Å². The second-order valence-corrected chi connectivity index (χ2v) is 9.23. The van der Waals surface area contributed by atoms with E-state index in [1.54, 1.807) is 6.20 Å². The Hall–Kier alpha value is -3.45. The van der Waals surface area contributed by atoms with Gasteiger partial charge in [0.25, 0.3) is 5.91 Å². The zero-order valence-corrected chi connectivity index (χ0v) is 18.7. The molecule has 2 aromatic carbocycles. The van der Waals surface area contributed by atoms with Gasteiger partial charge >= 0.3 is 0 Å². The van der Waals surface area contributed by atoms with E-state index >= 15 is 0 Å². The molecule has 1 amide bonds. The zero-order chi connectivity index (χ0) is 22.4. The van der Waals surface area contributed by atoms with Gasteiger partial charge in [0, 0.05) is 37.3 Å². The molecule has 1 aromatic heterocycles. The van der Waals surface area contributed by atoms with Gasteiger partial charge in [-0.1, -0.05) is 36.4 Å². The second kappa shape index (κ2) is 7.85. The van der Waals surface area contributed by atoms with Crippen LogP contribution in [0.1, 0.15) is 34.5 Å². The molecule has 3 aliphatic heterocycles. The van der Waals surface area contributed by atoms with Crippen molar-refractivity contribution in [2.24, 2.45) is 0 Å². The van der Waals surface area contributed by atoms with Crippen LogP contribution in [0.5, 0.6) is 11.5 Å². The average molecular weight is 443 g/mol. The molecule has 1 saturated heterocycles. The predicted octanol–water partition coefficient (Wildman–Crippen LogP) is 3.49. The summed E-state index contributed by atoms with van der Waals surface area (Å²) in [6, 6.07) is 16.2. The lowest BCUT2D eigenvalue weighted by Crippen LogP contribution is -2.53. The number of likely N-dealkylation sites (tertiary alicyclic amines) is 1. The number of amides is 1. The third-order valence-corrected chi connectivity index (χ3v) is 7.10. The standard InChI is InChI=1S/C26H26N4O3/c1-29-16-26(23-20(25(29)31)14-27-24(28-23)19-5-3-2-4-6-19)9-11-30(12-10-26)15-18-7-8-21-22(13-18)33-17-32-21/h2-8,13-14H,9-12,15-17H2,1H3. The van der Waals surface area contributed by atoms with Crippen molar-refractivity contribution in [1.29, 1.82) is 0 Å².